The van der Waals surface area contributed by atoms with Gasteiger partial charge in [0.1, 0.15) is 0 Å². The Kier molecular flexibility index (Phi) is 2.33. The van der Waals surface area contributed by atoms with Gasteiger partial charge in [-0.3, -0.25) is 9.59 Å². The lowest BCUT2D eigenvalue weighted by atomic mass is 9.60. The number of hydrogen-bond acceptors (Lipinski definition) is 3. The molecule has 0 heterocycles. The SMILES string of the molecule is O=C(O)C(=O)C1C(=O)C2CCC1c1ccccc12. The zero-order chi connectivity index (χ0) is 12.9. The summed E-state index contributed by atoms with van der Waals surface area (Å²) in [6.07, 6.45) is 1.45. The van der Waals surface area contributed by atoms with Crippen LogP contribution in [-0.4, -0.2) is 22.6 Å². The number of carbonyl (C=O) groups excluding carboxylic acids is 2. The van der Waals surface area contributed by atoms with Gasteiger partial charge in [-0.1, -0.05) is 24.3 Å². The lowest BCUT2D eigenvalue weighted by Crippen LogP contribution is -2.44. The van der Waals surface area contributed by atoms with Crippen LogP contribution in [0, 0.1) is 5.92 Å². The maximum absolute atomic E-state index is 12.2. The van der Waals surface area contributed by atoms with Crippen LogP contribution in [0.15, 0.2) is 24.3 Å². The number of fused-ring (bicyclic) bond motifs is 2. The van der Waals surface area contributed by atoms with Crippen molar-refractivity contribution < 1.29 is 19.5 Å². The number of carbonyl (C=O) groups is 3. The van der Waals surface area contributed by atoms with E-state index in [1.807, 2.05) is 24.3 Å². The summed E-state index contributed by atoms with van der Waals surface area (Å²) in [7, 11) is 0. The molecule has 4 heteroatoms. The van der Waals surface area contributed by atoms with Gasteiger partial charge < -0.3 is 5.11 Å². The van der Waals surface area contributed by atoms with Gasteiger partial charge in [-0.05, 0) is 24.0 Å². The van der Waals surface area contributed by atoms with Gasteiger partial charge in [-0.2, -0.15) is 0 Å². The monoisotopic (exact) mass is 244 g/mol. The lowest BCUT2D eigenvalue weighted by molar-refractivity contribution is -0.154. The summed E-state index contributed by atoms with van der Waals surface area (Å²) in [5.74, 6) is -4.18. The molecule has 0 aliphatic heterocycles. The number of ketones is 2. The molecule has 0 aromatic heterocycles. The molecule has 3 unspecified atom stereocenters. The first-order valence-electron chi connectivity index (χ1n) is 6.01. The number of carboxylic acid groups (broad SMARTS) is 1. The van der Waals surface area contributed by atoms with Crippen LogP contribution in [0.1, 0.15) is 35.8 Å². The summed E-state index contributed by atoms with van der Waals surface area (Å²) in [4.78, 5) is 34.7. The Morgan fingerprint density at radius 1 is 1.11 bits per heavy atom. The number of benzene rings is 1. The van der Waals surface area contributed by atoms with Gasteiger partial charge in [0.25, 0.3) is 5.78 Å². The second-order valence-electron chi connectivity index (χ2n) is 4.91. The molecule has 1 aromatic rings. The van der Waals surface area contributed by atoms with E-state index in [-0.39, 0.29) is 17.6 Å². The van der Waals surface area contributed by atoms with Crippen LogP contribution in [0.2, 0.25) is 0 Å². The first-order valence-corrected chi connectivity index (χ1v) is 6.01. The molecule has 92 valence electrons. The lowest BCUT2D eigenvalue weighted by Gasteiger charge is -2.41. The number of Topliss-reactive ketones (excluding diaryl/α,β-unsaturated/α-hetero) is 2. The van der Waals surface area contributed by atoms with E-state index in [4.69, 9.17) is 5.11 Å². The third-order valence-electron chi connectivity index (χ3n) is 4.08. The Labute approximate surface area is 104 Å². The summed E-state index contributed by atoms with van der Waals surface area (Å²) in [5, 5.41) is 8.83. The van der Waals surface area contributed by atoms with Crippen LogP contribution in [0.5, 0.6) is 0 Å². The van der Waals surface area contributed by atoms with E-state index in [9.17, 15) is 14.4 Å². The van der Waals surface area contributed by atoms with Crippen molar-refractivity contribution in [3.8, 4) is 0 Å². The number of rotatable bonds is 2. The van der Waals surface area contributed by atoms with Gasteiger partial charge in [-0.25, -0.2) is 4.79 Å². The first kappa shape index (κ1) is 11.1. The highest BCUT2D eigenvalue weighted by molar-refractivity contribution is 6.38. The minimum absolute atomic E-state index is 0.211. The van der Waals surface area contributed by atoms with E-state index in [2.05, 4.69) is 0 Å². The molecule has 0 amide bonds. The van der Waals surface area contributed by atoms with Crippen LogP contribution in [0.25, 0.3) is 0 Å². The van der Waals surface area contributed by atoms with Crippen molar-refractivity contribution in [3.63, 3.8) is 0 Å². The zero-order valence-corrected chi connectivity index (χ0v) is 9.63. The molecule has 1 aromatic carbocycles. The molecule has 3 aliphatic carbocycles. The predicted octanol–water partition coefficient (Wildman–Crippen LogP) is 1.50. The number of hydrogen-bond donors (Lipinski definition) is 1. The van der Waals surface area contributed by atoms with Crippen LogP contribution < -0.4 is 0 Å². The van der Waals surface area contributed by atoms with Gasteiger partial charge in [-0.15, -0.1) is 0 Å². The number of carboxylic acids is 1. The minimum Gasteiger partial charge on any atom is -0.475 e. The fourth-order valence-electron chi connectivity index (χ4n) is 3.32. The van der Waals surface area contributed by atoms with Crippen LogP contribution >= 0.6 is 0 Å². The molecule has 3 aliphatic rings. The third kappa shape index (κ3) is 1.35. The second kappa shape index (κ2) is 3.77. The molecule has 1 N–H and O–H groups in total. The molecule has 0 radical (unpaired) electrons. The van der Waals surface area contributed by atoms with Gasteiger partial charge >= 0.3 is 5.97 Å². The second-order valence-corrected chi connectivity index (χ2v) is 4.91. The topological polar surface area (TPSA) is 71.4 Å². The predicted molar refractivity (Wildman–Crippen MR) is 62.3 cm³/mol. The maximum atomic E-state index is 12.2. The van der Waals surface area contributed by atoms with Crippen LogP contribution in [0.3, 0.4) is 0 Å². The minimum atomic E-state index is -1.50. The van der Waals surface area contributed by atoms with Crippen LogP contribution in [-0.2, 0) is 14.4 Å². The zero-order valence-electron chi connectivity index (χ0n) is 9.63. The van der Waals surface area contributed by atoms with Crippen molar-refractivity contribution in [2.45, 2.75) is 24.7 Å². The molecule has 1 saturated carbocycles. The molecule has 4 nitrogen and oxygen atoms in total. The Hall–Kier alpha value is -1.97. The first-order chi connectivity index (χ1) is 8.61. The van der Waals surface area contributed by atoms with E-state index in [1.165, 1.54) is 0 Å². The van der Waals surface area contributed by atoms with Gasteiger partial charge in [0.15, 0.2) is 5.78 Å². The fourth-order valence-corrected chi connectivity index (χ4v) is 3.32. The molecule has 4 rings (SSSR count). The smallest absolute Gasteiger partial charge is 0.372 e. The van der Waals surface area contributed by atoms with Crippen molar-refractivity contribution in [2.24, 2.45) is 5.92 Å². The van der Waals surface area contributed by atoms with Crippen molar-refractivity contribution in [1.82, 2.24) is 0 Å². The molecular weight excluding hydrogens is 232 g/mol. The maximum Gasteiger partial charge on any atom is 0.372 e. The summed E-state index contributed by atoms with van der Waals surface area (Å²) in [5.41, 5.74) is 1.96. The molecule has 18 heavy (non-hydrogen) atoms. The Bertz CT molecular complexity index is 561. The van der Waals surface area contributed by atoms with Gasteiger partial charge in [0.2, 0.25) is 0 Å². The third-order valence-corrected chi connectivity index (χ3v) is 4.08. The van der Waals surface area contributed by atoms with Crippen LogP contribution in [0.4, 0.5) is 0 Å². The van der Waals surface area contributed by atoms with E-state index < -0.39 is 17.7 Å². The average molecular weight is 244 g/mol. The number of aliphatic carboxylic acids is 1. The summed E-state index contributed by atoms with van der Waals surface area (Å²) in [6.45, 7) is 0. The van der Waals surface area contributed by atoms with E-state index in [1.54, 1.807) is 0 Å². The van der Waals surface area contributed by atoms with E-state index >= 15 is 0 Å². The quantitative estimate of drug-likeness (QED) is 0.632. The molecule has 1 fully saturated rings. The highest BCUT2D eigenvalue weighted by atomic mass is 16.4. The average Bonchev–Trinajstić information content (AvgIpc) is 2.38. The Morgan fingerprint density at radius 3 is 2.44 bits per heavy atom. The molecule has 0 spiro atoms. The highest BCUT2D eigenvalue weighted by Crippen LogP contribution is 2.50. The molecule has 3 atom stereocenters. The summed E-state index contributed by atoms with van der Waals surface area (Å²) < 4.78 is 0. The van der Waals surface area contributed by atoms with Gasteiger partial charge in [0.05, 0.1) is 5.92 Å². The highest BCUT2D eigenvalue weighted by Gasteiger charge is 2.50. The van der Waals surface area contributed by atoms with E-state index in [0.717, 1.165) is 24.0 Å². The van der Waals surface area contributed by atoms with Crippen molar-refractivity contribution in [2.75, 3.05) is 0 Å². The van der Waals surface area contributed by atoms with Crippen molar-refractivity contribution >= 4 is 17.5 Å². The normalized spacial score (nSPS) is 28.9. The Morgan fingerprint density at radius 2 is 1.78 bits per heavy atom. The molecular formula is C14H12O4. The molecule has 0 saturated heterocycles. The fraction of sp³-hybridized carbons (Fsp3) is 0.357. The largest absolute Gasteiger partial charge is 0.475 e. The molecule has 2 bridgehead atoms. The summed E-state index contributed by atoms with van der Waals surface area (Å²) >= 11 is 0. The Balaban J connectivity index is 2.11. The van der Waals surface area contributed by atoms with Crippen molar-refractivity contribution in [3.05, 3.63) is 35.4 Å². The summed E-state index contributed by atoms with van der Waals surface area (Å²) in [6, 6.07) is 7.55. The standard InChI is InChI=1S/C14H12O4/c15-12-10-6-5-9(11(12)13(16)14(17)18)7-3-1-2-4-8(7)10/h1-4,9-11H,5-6H2,(H,17,18). The van der Waals surface area contributed by atoms with E-state index in [0.29, 0.717) is 0 Å². The van der Waals surface area contributed by atoms with Gasteiger partial charge in [0, 0.05) is 11.8 Å². The van der Waals surface area contributed by atoms with Crippen molar-refractivity contribution in [1.29, 1.82) is 0 Å².